The first-order valence-corrected chi connectivity index (χ1v) is 9.58. The number of hydrogen-bond acceptors (Lipinski definition) is 3. The van der Waals surface area contributed by atoms with Gasteiger partial charge in [0.2, 0.25) is 0 Å². The van der Waals surface area contributed by atoms with Crippen LogP contribution in [-0.2, 0) is 0 Å². The number of halogens is 1. The average molecular weight is 382 g/mol. The molecule has 3 nitrogen and oxygen atoms in total. The smallest absolute Gasteiger partial charge is 0.289 e. The Morgan fingerprint density at radius 1 is 1.41 bits per heavy atom. The molecule has 1 saturated carbocycles. The summed E-state index contributed by atoms with van der Waals surface area (Å²) in [7, 11) is 1.90. The van der Waals surface area contributed by atoms with E-state index in [1.807, 2.05) is 48.8 Å². The van der Waals surface area contributed by atoms with Crippen LogP contribution in [0.15, 0.2) is 27.1 Å². The van der Waals surface area contributed by atoms with Gasteiger partial charge in [-0.1, -0.05) is 15.9 Å². The molecule has 0 N–H and O–H groups in total. The van der Waals surface area contributed by atoms with Crippen LogP contribution in [0.4, 0.5) is 0 Å². The van der Waals surface area contributed by atoms with Crippen LogP contribution < -0.4 is 0 Å². The normalized spacial score (nSPS) is 21.5. The highest BCUT2D eigenvalue weighted by atomic mass is 79.9. The lowest BCUT2D eigenvalue weighted by molar-refractivity contribution is 0.0704. The Morgan fingerprint density at radius 2 is 2.18 bits per heavy atom. The number of furan rings is 1. The van der Waals surface area contributed by atoms with Gasteiger partial charge in [0.25, 0.3) is 5.91 Å². The summed E-state index contributed by atoms with van der Waals surface area (Å²) in [4.78, 5) is 14.7. The quantitative estimate of drug-likeness (QED) is 0.760. The molecule has 3 rings (SSSR count). The summed E-state index contributed by atoms with van der Waals surface area (Å²) < 4.78 is 6.83. The summed E-state index contributed by atoms with van der Waals surface area (Å²) in [6, 6.07) is 6.17. The SMILES string of the molecule is CSC1CCC(N(C)C(=O)c2oc3ccc(Br)cc3c2C)C1. The number of fused-ring (bicyclic) bond motifs is 1. The van der Waals surface area contributed by atoms with Gasteiger partial charge in [0, 0.05) is 33.8 Å². The van der Waals surface area contributed by atoms with E-state index in [1.165, 1.54) is 6.42 Å². The van der Waals surface area contributed by atoms with Gasteiger partial charge in [-0.25, -0.2) is 0 Å². The maximum absolute atomic E-state index is 12.8. The van der Waals surface area contributed by atoms with Crippen molar-refractivity contribution in [2.45, 2.75) is 37.5 Å². The average Bonchev–Trinajstić information content (AvgIpc) is 3.11. The van der Waals surface area contributed by atoms with Gasteiger partial charge in [-0.15, -0.1) is 0 Å². The number of thioether (sulfide) groups is 1. The first-order chi connectivity index (χ1) is 10.5. The molecular formula is C17H20BrNO2S. The summed E-state index contributed by atoms with van der Waals surface area (Å²) in [5.41, 5.74) is 1.69. The van der Waals surface area contributed by atoms with Crippen LogP contribution in [0, 0.1) is 6.92 Å². The van der Waals surface area contributed by atoms with Crippen LogP contribution >= 0.6 is 27.7 Å². The van der Waals surface area contributed by atoms with E-state index in [0.29, 0.717) is 17.1 Å². The molecule has 2 atom stereocenters. The van der Waals surface area contributed by atoms with E-state index in [0.717, 1.165) is 33.8 Å². The zero-order chi connectivity index (χ0) is 15.9. The van der Waals surface area contributed by atoms with Gasteiger partial charge in [0.1, 0.15) is 5.58 Å². The fraction of sp³-hybridized carbons (Fsp3) is 0.471. The van der Waals surface area contributed by atoms with E-state index >= 15 is 0 Å². The maximum Gasteiger partial charge on any atom is 0.289 e. The molecule has 1 aromatic carbocycles. The van der Waals surface area contributed by atoms with Crippen molar-refractivity contribution in [3.8, 4) is 0 Å². The Kier molecular flexibility index (Phi) is 4.55. The Labute approximate surface area is 143 Å². The fourth-order valence-corrected chi connectivity index (χ4v) is 4.35. The molecule has 1 amide bonds. The van der Waals surface area contributed by atoms with Gasteiger partial charge >= 0.3 is 0 Å². The Bertz CT molecular complexity index is 712. The molecule has 1 fully saturated rings. The molecule has 118 valence electrons. The maximum atomic E-state index is 12.8. The number of hydrogen-bond donors (Lipinski definition) is 0. The first kappa shape index (κ1) is 15.9. The van der Waals surface area contributed by atoms with Crippen LogP contribution in [0.1, 0.15) is 35.4 Å². The zero-order valence-corrected chi connectivity index (χ0v) is 15.5. The van der Waals surface area contributed by atoms with Crippen molar-refractivity contribution in [3.63, 3.8) is 0 Å². The monoisotopic (exact) mass is 381 g/mol. The molecule has 1 heterocycles. The molecule has 1 aliphatic rings. The summed E-state index contributed by atoms with van der Waals surface area (Å²) in [5, 5.41) is 1.67. The van der Waals surface area contributed by atoms with E-state index in [2.05, 4.69) is 22.2 Å². The van der Waals surface area contributed by atoms with Gasteiger partial charge in [-0.3, -0.25) is 4.79 Å². The van der Waals surface area contributed by atoms with E-state index < -0.39 is 0 Å². The fourth-order valence-electron chi connectivity index (χ4n) is 3.21. The molecule has 1 aliphatic carbocycles. The minimum atomic E-state index is -0.00317. The lowest BCUT2D eigenvalue weighted by Crippen LogP contribution is -2.35. The number of carbonyl (C=O) groups excluding carboxylic acids is 1. The molecule has 0 spiro atoms. The van der Waals surface area contributed by atoms with Crippen LogP contribution in [0.25, 0.3) is 11.0 Å². The third-order valence-electron chi connectivity index (χ3n) is 4.65. The third kappa shape index (κ3) is 2.81. The van der Waals surface area contributed by atoms with Crippen molar-refractivity contribution in [3.05, 3.63) is 34.0 Å². The van der Waals surface area contributed by atoms with Crippen molar-refractivity contribution in [1.82, 2.24) is 4.90 Å². The van der Waals surface area contributed by atoms with Crippen LogP contribution in [0.2, 0.25) is 0 Å². The summed E-state index contributed by atoms with van der Waals surface area (Å²) in [5.74, 6) is 0.472. The Hall–Kier alpha value is -0.940. The van der Waals surface area contributed by atoms with Gasteiger partial charge < -0.3 is 9.32 Å². The second-order valence-electron chi connectivity index (χ2n) is 5.94. The minimum absolute atomic E-state index is 0.00317. The van der Waals surface area contributed by atoms with Gasteiger partial charge in [-0.2, -0.15) is 11.8 Å². The van der Waals surface area contributed by atoms with E-state index in [-0.39, 0.29) is 5.91 Å². The van der Waals surface area contributed by atoms with Gasteiger partial charge in [0.05, 0.1) is 0 Å². The Balaban J connectivity index is 1.87. The Morgan fingerprint density at radius 3 is 2.86 bits per heavy atom. The molecule has 1 aromatic heterocycles. The first-order valence-electron chi connectivity index (χ1n) is 7.50. The van der Waals surface area contributed by atoms with E-state index in [4.69, 9.17) is 4.42 Å². The highest BCUT2D eigenvalue weighted by Crippen LogP contribution is 2.33. The predicted octanol–water partition coefficient (Wildman–Crippen LogP) is 4.86. The highest BCUT2D eigenvalue weighted by molar-refractivity contribution is 9.10. The van der Waals surface area contributed by atoms with E-state index in [1.54, 1.807) is 0 Å². The number of benzene rings is 1. The van der Waals surface area contributed by atoms with Crippen molar-refractivity contribution < 1.29 is 9.21 Å². The molecular weight excluding hydrogens is 362 g/mol. The largest absolute Gasteiger partial charge is 0.451 e. The lowest BCUT2D eigenvalue weighted by atomic mass is 10.1. The minimum Gasteiger partial charge on any atom is -0.451 e. The summed E-state index contributed by atoms with van der Waals surface area (Å²) in [6.45, 7) is 1.96. The topological polar surface area (TPSA) is 33.5 Å². The van der Waals surface area contributed by atoms with Gasteiger partial charge in [-0.05, 0) is 50.6 Å². The molecule has 0 radical (unpaired) electrons. The van der Waals surface area contributed by atoms with Crippen molar-refractivity contribution >= 4 is 44.6 Å². The number of nitrogens with zero attached hydrogens (tertiary/aromatic N) is 1. The molecule has 2 aromatic rings. The molecule has 22 heavy (non-hydrogen) atoms. The lowest BCUT2D eigenvalue weighted by Gasteiger charge is -2.24. The van der Waals surface area contributed by atoms with Crippen LogP contribution in [-0.4, -0.2) is 35.4 Å². The second kappa shape index (κ2) is 6.28. The molecule has 5 heteroatoms. The highest BCUT2D eigenvalue weighted by Gasteiger charge is 2.31. The molecule has 0 aliphatic heterocycles. The van der Waals surface area contributed by atoms with Gasteiger partial charge in [0.15, 0.2) is 5.76 Å². The zero-order valence-electron chi connectivity index (χ0n) is 13.1. The number of amides is 1. The summed E-state index contributed by atoms with van der Waals surface area (Å²) >= 11 is 5.37. The van der Waals surface area contributed by atoms with Crippen molar-refractivity contribution in [1.29, 1.82) is 0 Å². The predicted molar refractivity (Wildman–Crippen MR) is 95.7 cm³/mol. The molecule has 2 unspecified atom stereocenters. The third-order valence-corrected chi connectivity index (χ3v) is 6.24. The number of rotatable bonds is 3. The van der Waals surface area contributed by atoms with Crippen molar-refractivity contribution in [2.75, 3.05) is 13.3 Å². The summed E-state index contributed by atoms with van der Waals surface area (Å²) in [6.07, 6.45) is 5.50. The molecule has 0 bridgehead atoms. The van der Waals surface area contributed by atoms with Crippen molar-refractivity contribution in [2.24, 2.45) is 0 Å². The standard InChI is InChI=1S/C17H20BrNO2S/c1-10-14-8-11(18)4-7-15(14)21-16(10)17(20)19(2)12-5-6-13(9-12)22-3/h4,7-8,12-13H,5-6,9H2,1-3H3. The molecule has 0 saturated heterocycles. The van der Waals surface area contributed by atoms with E-state index in [9.17, 15) is 4.79 Å². The number of carbonyl (C=O) groups is 1. The van der Waals surface area contributed by atoms with Crippen LogP contribution in [0.5, 0.6) is 0 Å². The van der Waals surface area contributed by atoms with Crippen LogP contribution in [0.3, 0.4) is 0 Å². The number of aryl methyl sites for hydroxylation is 1. The second-order valence-corrected chi connectivity index (χ2v) is 7.99.